The Bertz CT molecular complexity index is 309. The summed E-state index contributed by atoms with van der Waals surface area (Å²) in [6.07, 6.45) is 5.45. The predicted molar refractivity (Wildman–Crippen MR) is 65.5 cm³/mol. The van der Waals surface area contributed by atoms with Crippen molar-refractivity contribution in [3.8, 4) is 0 Å². The average molecular weight is 226 g/mol. The second-order valence-corrected chi connectivity index (χ2v) is 5.34. The lowest BCUT2D eigenvalue weighted by atomic mass is 10.0. The Balaban J connectivity index is 2.04. The first kappa shape index (κ1) is 11.1. The molecule has 5 heteroatoms. The molecule has 84 valence electrons. The molecule has 4 nitrogen and oxygen atoms in total. The second kappa shape index (κ2) is 4.25. The quantitative estimate of drug-likeness (QED) is 0.621. The molecule has 1 unspecified atom stereocenters. The molecule has 1 aliphatic heterocycles. The topological polar surface area (TPSA) is 76.4 Å². The molecule has 0 saturated carbocycles. The molecule has 1 aliphatic carbocycles. The summed E-state index contributed by atoms with van der Waals surface area (Å²) >= 11 is 1.46. The van der Waals surface area contributed by atoms with E-state index >= 15 is 0 Å². The van der Waals surface area contributed by atoms with Gasteiger partial charge < -0.3 is 5.32 Å². The number of fused-ring (bicyclic) bond motifs is 1. The Morgan fingerprint density at radius 1 is 1.67 bits per heavy atom. The van der Waals surface area contributed by atoms with Crippen LogP contribution in [0.1, 0.15) is 26.2 Å². The number of nitrogens with one attached hydrogen (secondary N) is 1. The van der Waals surface area contributed by atoms with E-state index in [1.807, 2.05) is 0 Å². The summed E-state index contributed by atoms with van der Waals surface area (Å²) in [6, 6.07) is 0.459. The number of hydrogen-bond acceptors (Lipinski definition) is 5. The highest BCUT2D eigenvalue weighted by molar-refractivity contribution is 8.05. The maximum absolute atomic E-state index is 5.78. The van der Waals surface area contributed by atoms with Crippen LogP contribution in [0.5, 0.6) is 0 Å². The van der Waals surface area contributed by atoms with E-state index < -0.39 is 5.12 Å². The monoisotopic (exact) mass is 226 g/mol. The van der Waals surface area contributed by atoms with E-state index in [4.69, 9.17) is 11.5 Å². The van der Waals surface area contributed by atoms with Crippen LogP contribution in [0.2, 0.25) is 0 Å². The third-order valence-corrected chi connectivity index (χ3v) is 3.58. The fourth-order valence-corrected chi connectivity index (χ4v) is 2.89. The third-order valence-electron chi connectivity index (χ3n) is 2.57. The number of rotatable bonds is 3. The van der Waals surface area contributed by atoms with Gasteiger partial charge >= 0.3 is 0 Å². The van der Waals surface area contributed by atoms with Crippen LogP contribution < -0.4 is 16.8 Å². The van der Waals surface area contributed by atoms with Gasteiger partial charge in [0.15, 0.2) is 0 Å². The van der Waals surface area contributed by atoms with Gasteiger partial charge in [0.05, 0.1) is 5.71 Å². The molecule has 2 aliphatic rings. The summed E-state index contributed by atoms with van der Waals surface area (Å²) in [7, 11) is 0. The number of aliphatic imine (C=N–C) groups is 1. The third kappa shape index (κ3) is 2.60. The zero-order chi connectivity index (χ0) is 10.9. The molecular formula is C10H18N4S. The van der Waals surface area contributed by atoms with E-state index in [9.17, 15) is 0 Å². The molecule has 15 heavy (non-hydrogen) atoms. The smallest absolute Gasteiger partial charge is 0.213 e. The molecule has 0 aromatic heterocycles. The Morgan fingerprint density at radius 3 is 3.20 bits per heavy atom. The Morgan fingerprint density at radius 2 is 2.47 bits per heavy atom. The molecule has 0 fully saturated rings. The normalized spacial score (nSPS) is 28.3. The number of thioether (sulfide) groups is 1. The van der Waals surface area contributed by atoms with Crippen LogP contribution in [-0.4, -0.2) is 23.4 Å². The first-order valence-electron chi connectivity index (χ1n) is 5.42. The summed E-state index contributed by atoms with van der Waals surface area (Å²) in [5, 5.41) is 2.56. The van der Waals surface area contributed by atoms with Gasteiger partial charge in [-0.2, -0.15) is 0 Å². The molecule has 0 amide bonds. The highest BCUT2D eigenvalue weighted by Gasteiger charge is 2.33. The van der Waals surface area contributed by atoms with Gasteiger partial charge in [0.2, 0.25) is 5.12 Å². The van der Waals surface area contributed by atoms with E-state index in [0.717, 1.165) is 31.5 Å². The summed E-state index contributed by atoms with van der Waals surface area (Å²) < 4.78 is 0. The van der Waals surface area contributed by atoms with Crippen molar-refractivity contribution in [3.05, 3.63) is 11.0 Å². The van der Waals surface area contributed by atoms with Crippen molar-refractivity contribution >= 4 is 17.5 Å². The largest absolute Gasteiger partial charge is 0.310 e. The van der Waals surface area contributed by atoms with Crippen molar-refractivity contribution in [2.45, 2.75) is 37.3 Å². The molecule has 0 saturated heterocycles. The summed E-state index contributed by atoms with van der Waals surface area (Å²) in [4.78, 5) is 5.46. The van der Waals surface area contributed by atoms with Crippen LogP contribution in [0, 0.1) is 0 Å². The minimum Gasteiger partial charge on any atom is -0.310 e. The SMILES string of the molecule is CCCNC1C=C2SC(N)(N)N=C2CC1. The van der Waals surface area contributed by atoms with E-state index in [0.29, 0.717) is 6.04 Å². The van der Waals surface area contributed by atoms with Crippen LogP contribution in [0.4, 0.5) is 0 Å². The van der Waals surface area contributed by atoms with Crippen LogP contribution >= 0.6 is 11.8 Å². The van der Waals surface area contributed by atoms with Gasteiger partial charge in [-0.3, -0.25) is 11.5 Å². The number of nitrogens with two attached hydrogens (primary N) is 2. The fourth-order valence-electron chi connectivity index (χ4n) is 1.88. The molecule has 0 radical (unpaired) electrons. The van der Waals surface area contributed by atoms with Crippen molar-refractivity contribution in [3.63, 3.8) is 0 Å². The first-order valence-corrected chi connectivity index (χ1v) is 6.23. The van der Waals surface area contributed by atoms with Crippen molar-refractivity contribution in [2.24, 2.45) is 16.5 Å². The molecule has 0 aromatic carbocycles. The van der Waals surface area contributed by atoms with Crippen molar-refractivity contribution in [2.75, 3.05) is 6.54 Å². The van der Waals surface area contributed by atoms with Gasteiger partial charge in [-0.25, -0.2) is 4.99 Å². The predicted octanol–water partition coefficient (Wildman–Crippen LogP) is 0.749. The summed E-state index contributed by atoms with van der Waals surface area (Å²) in [6.45, 7) is 3.23. The maximum atomic E-state index is 5.78. The molecule has 5 N–H and O–H groups in total. The van der Waals surface area contributed by atoms with Crippen molar-refractivity contribution < 1.29 is 0 Å². The van der Waals surface area contributed by atoms with Gasteiger partial charge in [-0.1, -0.05) is 24.8 Å². The zero-order valence-electron chi connectivity index (χ0n) is 8.99. The van der Waals surface area contributed by atoms with Gasteiger partial charge in [-0.15, -0.1) is 0 Å². The van der Waals surface area contributed by atoms with Crippen LogP contribution in [-0.2, 0) is 0 Å². The maximum Gasteiger partial charge on any atom is 0.213 e. The minimum atomic E-state index is -0.930. The van der Waals surface area contributed by atoms with E-state index in [1.165, 1.54) is 16.7 Å². The molecule has 1 heterocycles. The highest BCUT2D eigenvalue weighted by atomic mass is 32.2. The molecule has 0 spiro atoms. The van der Waals surface area contributed by atoms with Crippen molar-refractivity contribution in [1.82, 2.24) is 5.32 Å². The minimum absolute atomic E-state index is 0.459. The average Bonchev–Trinajstić information content (AvgIpc) is 2.47. The van der Waals surface area contributed by atoms with Crippen molar-refractivity contribution in [1.29, 1.82) is 0 Å². The standard InChI is InChI=1S/C10H18N4S/c1-2-5-13-7-3-4-8-9(6-7)15-10(11,12)14-8/h6-7,13H,2-5,11-12H2,1H3. The molecular weight excluding hydrogens is 208 g/mol. The molecule has 1 atom stereocenters. The summed E-state index contributed by atoms with van der Waals surface area (Å²) in [5.41, 5.74) is 12.6. The van der Waals surface area contributed by atoms with Crippen LogP contribution in [0.3, 0.4) is 0 Å². The lowest BCUT2D eigenvalue weighted by Gasteiger charge is -2.20. The number of allylic oxidation sites excluding steroid dienone is 1. The second-order valence-electron chi connectivity index (χ2n) is 4.04. The van der Waals surface area contributed by atoms with Gasteiger partial charge in [-0.05, 0) is 25.8 Å². The van der Waals surface area contributed by atoms with E-state index in [1.54, 1.807) is 0 Å². The Labute approximate surface area is 94.6 Å². The van der Waals surface area contributed by atoms with Gasteiger partial charge in [0.25, 0.3) is 0 Å². The lowest BCUT2D eigenvalue weighted by molar-refractivity contribution is 0.556. The molecule has 0 bridgehead atoms. The van der Waals surface area contributed by atoms with E-state index in [2.05, 4.69) is 23.3 Å². The van der Waals surface area contributed by atoms with E-state index in [-0.39, 0.29) is 0 Å². The molecule has 2 rings (SSSR count). The number of hydrogen-bond donors (Lipinski definition) is 3. The fraction of sp³-hybridized carbons (Fsp3) is 0.700. The van der Waals surface area contributed by atoms with Gasteiger partial charge in [0, 0.05) is 10.9 Å². The first-order chi connectivity index (χ1) is 7.11. The Hall–Kier alpha value is -0.360. The summed E-state index contributed by atoms with van der Waals surface area (Å²) in [5.74, 6) is 0. The van der Waals surface area contributed by atoms with Crippen LogP contribution in [0.25, 0.3) is 0 Å². The molecule has 0 aromatic rings. The number of nitrogens with zero attached hydrogens (tertiary/aromatic N) is 1. The Kier molecular flexibility index (Phi) is 3.16. The highest BCUT2D eigenvalue weighted by Crippen LogP contribution is 2.37. The zero-order valence-corrected chi connectivity index (χ0v) is 9.81. The lowest BCUT2D eigenvalue weighted by Crippen LogP contribution is -2.41. The van der Waals surface area contributed by atoms with Gasteiger partial charge in [0.1, 0.15) is 0 Å². The van der Waals surface area contributed by atoms with Crippen LogP contribution in [0.15, 0.2) is 16.0 Å².